The maximum Gasteiger partial charge on any atom is 0.354 e. The third-order valence-electron chi connectivity index (χ3n) is 7.06. The molecular weight excluding hydrogens is 488 g/mol. The van der Waals surface area contributed by atoms with Gasteiger partial charge in [-0.2, -0.15) is 4.98 Å². The predicted molar refractivity (Wildman–Crippen MR) is 144 cm³/mol. The SMILES string of the molecule is COC1CN(Cc2ccc(-n3ccc(NC(=O)N4CCN(C(=O)C(C)(C)N)CC4)nc3=O)cc2)CC[C@@H]1N. The Morgan fingerprint density at radius 2 is 1.74 bits per heavy atom. The van der Waals surface area contributed by atoms with E-state index in [4.69, 9.17) is 16.2 Å². The summed E-state index contributed by atoms with van der Waals surface area (Å²) in [6.07, 6.45) is 2.52. The van der Waals surface area contributed by atoms with Crippen LogP contribution in [0.1, 0.15) is 25.8 Å². The van der Waals surface area contributed by atoms with E-state index < -0.39 is 11.2 Å². The molecule has 0 spiro atoms. The van der Waals surface area contributed by atoms with Gasteiger partial charge in [0.05, 0.1) is 17.3 Å². The van der Waals surface area contributed by atoms with Gasteiger partial charge in [-0.15, -0.1) is 0 Å². The average molecular weight is 527 g/mol. The standard InChI is InChI=1S/C26H38N8O4/c1-26(2,28)23(35)32-12-14-33(15-13-32)24(36)29-22-9-11-34(25(37)30-22)19-6-4-18(5-7-19)16-31-10-8-20(27)21(17-31)38-3/h4-7,9,11,20-21H,8,10,12-17,27-28H2,1-3H3,(H,29,30,36,37)/t20-,21?/m0/s1. The summed E-state index contributed by atoms with van der Waals surface area (Å²) in [5.41, 5.74) is 12.4. The van der Waals surface area contributed by atoms with Gasteiger partial charge in [0.2, 0.25) is 5.91 Å². The lowest BCUT2D eigenvalue weighted by atomic mass is 10.0. The van der Waals surface area contributed by atoms with Gasteiger partial charge in [-0.1, -0.05) is 12.1 Å². The predicted octanol–water partition coefficient (Wildman–Crippen LogP) is 0.194. The van der Waals surface area contributed by atoms with Crippen LogP contribution in [-0.2, 0) is 16.1 Å². The first-order valence-corrected chi connectivity index (χ1v) is 12.9. The van der Waals surface area contributed by atoms with E-state index >= 15 is 0 Å². The number of anilines is 1. The number of amides is 3. The Bertz CT molecular complexity index is 1180. The van der Waals surface area contributed by atoms with E-state index in [2.05, 4.69) is 15.2 Å². The van der Waals surface area contributed by atoms with Crippen molar-refractivity contribution in [3.63, 3.8) is 0 Å². The number of urea groups is 1. The topological polar surface area (TPSA) is 152 Å². The summed E-state index contributed by atoms with van der Waals surface area (Å²) in [6, 6.07) is 9.02. The molecule has 2 saturated heterocycles. The second-order valence-corrected chi connectivity index (χ2v) is 10.5. The average Bonchev–Trinajstić information content (AvgIpc) is 2.89. The highest BCUT2D eigenvalue weighted by Gasteiger charge is 2.31. The van der Waals surface area contributed by atoms with Crippen molar-refractivity contribution in [2.45, 2.75) is 44.5 Å². The molecule has 5 N–H and O–H groups in total. The van der Waals surface area contributed by atoms with Crippen molar-refractivity contribution in [1.82, 2.24) is 24.3 Å². The van der Waals surface area contributed by atoms with Crippen LogP contribution < -0.4 is 22.5 Å². The van der Waals surface area contributed by atoms with Crippen LogP contribution in [0.5, 0.6) is 0 Å². The number of methoxy groups -OCH3 is 1. The summed E-state index contributed by atoms with van der Waals surface area (Å²) < 4.78 is 6.92. The van der Waals surface area contributed by atoms with Gasteiger partial charge >= 0.3 is 11.7 Å². The summed E-state index contributed by atoms with van der Waals surface area (Å²) in [4.78, 5) is 47.3. The largest absolute Gasteiger partial charge is 0.379 e. The monoisotopic (exact) mass is 526 g/mol. The third-order valence-corrected chi connectivity index (χ3v) is 7.06. The zero-order valence-electron chi connectivity index (χ0n) is 22.3. The van der Waals surface area contributed by atoms with Gasteiger partial charge < -0.3 is 26.0 Å². The van der Waals surface area contributed by atoms with Crippen LogP contribution in [0, 0.1) is 0 Å². The molecule has 3 amide bonds. The number of nitrogens with zero attached hydrogens (tertiary/aromatic N) is 5. The smallest absolute Gasteiger partial charge is 0.354 e. The van der Waals surface area contributed by atoms with Crippen LogP contribution in [0.25, 0.3) is 5.69 Å². The molecule has 0 bridgehead atoms. The molecule has 3 heterocycles. The van der Waals surface area contributed by atoms with Crippen LogP contribution in [0.2, 0.25) is 0 Å². The molecule has 206 valence electrons. The number of aromatic nitrogens is 2. The molecule has 38 heavy (non-hydrogen) atoms. The highest BCUT2D eigenvalue weighted by Crippen LogP contribution is 2.17. The Hall–Kier alpha value is -3.32. The number of carbonyl (C=O) groups is 2. The summed E-state index contributed by atoms with van der Waals surface area (Å²) in [5.74, 6) is 0.0253. The molecule has 2 aromatic rings. The molecule has 12 heteroatoms. The fourth-order valence-corrected chi connectivity index (χ4v) is 4.79. The van der Waals surface area contributed by atoms with Crippen LogP contribution >= 0.6 is 0 Å². The zero-order valence-corrected chi connectivity index (χ0v) is 22.3. The fraction of sp³-hybridized carbons (Fsp3) is 0.538. The van der Waals surface area contributed by atoms with Crippen LogP contribution in [0.3, 0.4) is 0 Å². The zero-order chi connectivity index (χ0) is 27.4. The number of ether oxygens (including phenoxy) is 1. The van der Waals surface area contributed by atoms with Crippen LogP contribution in [-0.4, -0.2) is 100 Å². The maximum atomic E-state index is 12.7. The number of carbonyl (C=O) groups excluding carboxylic acids is 2. The first-order valence-electron chi connectivity index (χ1n) is 12.9. The van der Waals surface area contributed by atoms with E-state index in [1.54, 1.807) is 43.0 Å². The van der Waals surface area contributed by atoms with Crippen molar-refractivity contribution in [2.24, 2.45) is 11.5 Å². The van der Waals surface area contributed by atoms with Crippen LogP contribution in [0.15, 0.2) is 41.3 Å². The van der Waals surface area contributed by atoms with E-state index in [1.165, 1.54) is 4.57 Å². The number of nitrogens with one attached hydrogen (secondary N) is 1. The first-order chi connectivity index (χ1) is 18.0. The molecule has 0 aliphatic carbocycles. The van der Waals surface area contributed by atoms with Gasteiger partial charge in [-0.25, -0.2) is 9.59 Å². The molecule has 2 aliphatic rings. The Morgan fingerprint density at radius 3 is 2.34 bits per heavy atom. The van der Waals surface area contributed by atoms with E-state index in [9.17, 15) is 14.4 Å². The number of piperidine rings is 1. The second kappa shape index (κ2) is 11.6. The lowest BCUT2D eigenvalue weighted by molar-refractivity contribution is -0.137. The van der Waals surface area contributed by atoms with Crippen molar-refractivity contribution in [3.8, 4) is 5.69 Å². The minimum atomic E-state index is -0.950. The number of benzene rings is 1. The van der Waals surface area contributed by atoms with Crippen molar-refractivity contribution in [1.29, 1.82) is 0 Å². The Kier molecular flexibility index (Phi) is 8.46. The van der Waals surface area contributed by atoms with Crippen molar-refractivity contribution < 1.29 is 14.3 Å². The van der Waals surface area contributed by atoms with Crippen molar-refractivity contribution in [2.75, 3.05) is 51.7 Å². The molecule has 0 radical (unpaired) electrons. The molecule has 1 aromatic carbocycles. The normalized spacial score (nSPS) is 20.9. The molecule has 0 saturated carbocycles. The minimum absolute atomic E-state index is 0.0315. The van der Waals surface area contributed by atoms with E-state index in [-0.39, 0.29) is 29.9 Å². The quantitative estimate of drug-likeness (QED) is 0.483. The molecule has 2 fully saturated rings. The number of hydrogen-bond acceptors (Lipinski definition) is 8. The summed E-state index contributed by atoms with van der Waals surface area (Å²) in [7, 11) is 1.69. The van der Waals surface area contributed by atoms with Gasteiger partial charge in [-0.3, -0.25) is 19.6 Å². The highest BCUT2D eigenvalue weighted by atomic mass is 16.5. The number of rotatable bonds is 6. The Labute approximate surface area is 222 Å². The number of piperazine rings is 1. The lowest BCUT2D eigenvalue weighted by Gasteiger charge is -2.37. The minimum Gasteiger partial charge on any atom is -0.379 e. The summed E-state index contributed by atoms with van der Waals surface area (Å²) in [6.45, 7) is 7.35. The fourth-order valence-electron chi connectivity index (χ4n) is 4.79. The first kappa shape index (κ1) is 27.7. The molecule has 2 atom stereocenters. The Balaban J connectivity index is 1.32. The molecule has 4 rings (SSSR count). The lowest BCUT2D eigenvalue weighted by Crippen LogP contribution is -2.58. The molecule has 12 nitrogen and oxygen atoms in total. The van der Waals surface area contributed by atoms with Crippen molar-refractivity contribution in [3.05, 3.63) is 52.6 Å². The molecule has 1 aromatic heterocycles. The van der Waals surface area contributed by atoms with E-state index in [0.29, 0.717) is 31.9 Å². The second-order valence-electron chi connectivity index (χ2n) is 10.5. The number of nitrogens with two attached hydrogens (primary N) is 2. The van der Waals surface area contributed by atoms with Gasteiger partial charge in [0.25, 0.3) is 0 Å². The number of hydrogen-bond donors (Lipinski definition) is 3. The van der Waals surface area contributed by atoms with Crippen LogP contribution in [0.4, 0.5) is 10.6 Å². The Morgan fingerprint density at radius 1 is 1.08 bits per heavy atom. The molecular formula is C26H38N8O4. The van der Waals surface area contributed by atoms with E-state index in [0.717, 1.165) is 31.6 Å². The van der Waals surface area contributed by atoms with E-state index in [1.807, 2.05) is 24.3 Å². The molecule has 2 aliphatic heterocycles. The maximum absolute atomic E-state index is 12.7. The third kappa shape index (κ3) is 6.57. The van der Waals surface area contributed by atoms with Gasteiger partial charge in [0, 0.05) is 65.2 Å². The highest BCUT2D eigenvalue weighted by molar-refractivity contribution is 5.89. The van der Waals surface area contributed by atoms with Gasteiger partial charge in [0.15, 0.2) is 0 Å². The van der Waals surface area contributed by atoms with Crippen molar-refractivity contribution >= 4 is 17.8 Å². The summed E-state index contributed by atoms with van der Waals surface area (Å²) >= 11 is 0. The molecule has 1 unspecified atom stereocenters. The summed E-state index contributed by atoms with van der Waals surface area (Å²) in [5, 5.41) is 2.68. The van der Waals surface area contributed by atoms with Gasteiger partial charge in [0.1, 0.15) is 5.82 Å². The van der Waals surface area contributed by atoms with Gasteiger partial charge in [-0.05, 0) is 44.0 Å². The number of likely N-dealkylation sites (tertiary alicyclic amines) is 1.